The van der Waals surface area contributed by atoms with Gasteiger partial charge in [-0.05, 0) is 29.8 Å². The molecule has 2 rings (SSSR count). The molecule has 4 heteroatoms. The van der Waals surface area contributed by atoms with Crippen LogP contribution in [0.15, 0.2) is 28.0 Å². The molecule has 1 heterocycles. The van der Waals surface area contributed by atoms with Crippen molar-refractivity contribution in [2.75, 3.05) is 6.26 Å². The van der Waals surface area contributed by atoms with Crippen molar-refractivity contribution in [1.29, 1.82) is 0 Å². The molecular formula is C10H9BrS3. The fraction of sp³-hybridized carbons (Fsp3) is 0.200. The number of fused-ring (bicyclic) bond motifs is 1. The van der Waals surface area contributed by atoms with E-state index in [1.54, 1.807) is 11.8 Å². The molecule has 0 spiro atoms. The first-order valence-corrected chi connectivity index (χ1v) is 7.71. The second kappa shape index (κ2) is 4.47. The molecule has 0 aliphatic carbocycles. The highest BCUT2D eigenvalue weighted by molar-refractivity contribution is 9.08. The number of halogens is 1. The van der Waals surface area contributed by atoms with Crippen molar-refractivity contribution in [2.24, 2.45) is 0 Å². The number of thiophene rings is 1. The Morgan fingerprint density at radius 3 is 2.86 bits per heavy atom. The van der Waals surface area contributed by atoms with E-state index in [2.05, 4.69) is 53.0 Å². The second-order valence-electron chi connectivity index (χ2n) is 2.91. The molecule has 0 atom stereocenters. The molecule has 1 aromatic carbocycles. The molecule has 0 amide bonds. The third-order valence-electron chi connectivity index (χ3n) is 2.00. The number of thiol groups is 1. The van der Waals surface area contributed by atoms with Gasteiger partial charge in [0.2, 0.25) is 0 Å². The van der Waals surface area contributed by atoms with Crippen LogP contribution in [-0.2, 0) is 5.33 Å². The molecule has 74 valence electrons. The highest BCUT2D eigenvalue weighted by atomic mass is 79.9. The van der Waals surface area contributed by atoms with Crippen molar-refractivity contribution in [3.63, 3.8) is 0 Å². The lowest BCUT2D eigenvalue weighted by molar-refractivity contribution is 1.30. The Bertz CT molecular complexity index is 462. The third-order valence-corrected chi connectivity index (χ3v) is 5.37. The minimum Gasteiger partial charge on any atom is -0.142 e. The highest BCUT2D eigenvalue weighted by Crippen LogP contribution is 2.34. The van der Waals surface area contributed by atoms with Crippen LogP contribution < -0.4 is 0 Å². The van der Waals surface area contributed by atoms with Crippen LogP contribution in [-0.4, -0.2) is 6.26 Å². The quantitative estimate of drug-likeness (QED) is 0.472. The van der Waals surface area contributed by atoms with Gasteiger partial charge in [0.15, 0.2) is 0 Å². The van der Waals surface area contributed by atoms with Crippen LogP contribution in [0.2, 0.25) is 0 Å². The average Bonchev–Trinajstić information content (AvgIpc) is 2.58. The van der Waals surface area contributed by atoms with E-state index in [4.69, 9.17) is 0 Å². The Hall–Kier alpha value is 0.360. The van der Waals surface area contributed by atoms with Crippen LogP contribution in [0.1, 0.15) is 4.88 Å². The topological polar surface area (TPSA) is 0 Å². The molecule has 0 bridgehead atoms. The average molecular weight is 305 g/mol. The van der Waals surface area contributed by atoms with Crippen molar-refractivity contribution >= 4 is 61.7 Å². The highest BCUT2D eigenvalue weighted by Gasteiger charge is 2.04. The van der Waals surface area contributed by atoms with E-state index in [0.29, 0.717) is 0 Å². The van der Waals surface area contributed by atoms with Gasteiger partial charge in [0.05, 0.1) is 0 Å². The lowest BCUT2D eigenvalue weighted by atomic mass is 10.2. The van der Waals surface area contributed by atoms with Gasteiger partial charge >= 0.3 is 0 Å². The largest absolute Gasteiger partial charge is 0.142 e. The molecule has 0 fully saturated rings. The van der Waals surface area contributed by atoms with E-state index in [0.717, 1.165) is 10.2 Å². The smallest absolute Gasteiger partial charge is 0.0377 e. The lowest BCUT2D eigenvalue weighted by Gasteiger charge is -2.00. The molecule has 2 aromatic rings. The Balaban J connectivity index is 2.64. The fourth-order valence-corrected chi connectivity index (χ4v) is 3.85. The molecular weight excluding hydrogens is 296 g/mol. The van der Waals surface area contributed by atoms with Gasteiger partial charge in [0.25, 0.3) is 0 Å². The first-order chi connectivity index (χ1) is 6.74. The van der Waals surface area contributed by atoms with Gasteiger partial charge in [-0.2, -0.15) is 0 Å². The summed E-state index contributed by atoms with van der Waals surface area (Å²) in [6.07, 6.45) is 2.08. The predicted molar refractivity (Wildman–Crippen MR) is 73.5 cm³/mol. The minimum absolute atomic E-state index is 0.933. The summed E-state index contributed by atoms with van der Waals surface area (Å²) < 4.78 is 1.32. The van der Waals surface area contributed by atoms with Gasteiger partial charge in [-0.25, -0.2) is 0 Å². The first-order valence-electron chi connectivity index (χ1n) is 4.10. The molecule has 0 radical (unpaired) electrons. The summed E-state index contributed by atoms with van der Waals surface area (Å²) >= 11 is 11.5. The Labute approximate surface area is 106 Å². The van der Waals surface area contributed by atoms with Crippen LogP contribution in [0, 0.1) is 0 Å². The minimum atomic E-state index is 0.933. The zero-order chi connectivity index (χ0) is 10.1. The van der Waals surface area contributed by atoms with Crippen molar-refractivity contribution in [2.45, 2.75) is 15.1 Å². The first kappa shape index (κ1) is 10.9. The summed E-state index contributed by atoms with van der Waals surface area (Å²) in [7, 11) is 0. The SMILES string of the molecule is CSc1cc2cc(CBr)sc2cc1S. The molecule has 0 aliphatic heterocycles. The molecule has 0 saturated heterocycles. The van der Waals surface area contributed by atoms with Crippen molar-refractivity contribution in [1.82, 2.24) is 0 Å². The van der Waals surface area contributed by atoms with Gasteiger partial charge in [-0.3, -0.25) is 0 Å². The summed E-state index contributed by atoms with van der Waals surface area (Å²) in [4.78, 5) is 3.69. The van der Waals surface area contributed by atoms with E-state index in [1.165, 1.54) is 19.9 Å². The number of alkyl halides is 1. The summed E-state index contributed by atoms with van der Waals surface area (Å²) in [5.41, 5.74) is 0. The Morgan fingerprint density at radius 1 is 1.43 bits per heavy atom. The van der Waals surface area contributed by atoms with Crippen LogP contribution in [0.3, 0.4) is 0 Å². The van der Waals surface area contributed by atoms with Crippen LogP contribution in [0.5, 0.6) is 0 Å². The van der Waals surface area contributed by atoms with Crippen molar-refractivity contribution < 1.29 is 0 Å². The Kier molecular flexibility index (Phi) is 3.47. The molecule has 1 aromatic heterocycles. The number of benzene rings is 1. The predicted octanol–water partition coefficient (Wildman–Crippen LogP) is 4.81. The standard InChI is InChI=1S/C10H9BrS3/c1-13-10-3-6-2-7(5-11)14-9(6)4-8(10)12/h2-4,12H,5H2,1H3. The van der Waals surface area contributed by atoms with Gasteiger partial charge in [-0.1, -0.05) is 15.9 Å². The molecule has 0 unspecified atom stereocenters. The van der Waals surface area contributed by atoms with Crippen LogP contribution in [0.25, 0.3) is 10.1 Å². The fourth-order valence-electron chi connectivity index (χ4n) is 1.34. The van der Waals surface area contributed by atoms with Crippen LogP contribution >= 0.6 is 51.7 Å². The second-order valence-corrected chi connectivity index (χ2v) is 5.97. The van der Waals surface area contributed by atoms with Gasteiger partial charge in [0.1, 0.15) is 0 Å². The normalized spacial score (nSPS) is 11.1. The zero-order valence-electron chi connectivity index (χ0n) is 7.58. The monoisotopic (exact) mass is 304 g/mol. The Morgan fingerprint density at radius 2 is 2.21 bits per heavy atom. The number of thioether (sulfide) groups is 1. The van der Waals surface area contributed by atoms with E-state index in [9.17, 15) is 0 Å². The number of hydrogen-bond acceptors (Lipinski definition) is 3. The maximum atomic E-state index is 4.47. The summed E-state index contributed by atoms with van der Waals surface area (Å²) in [5.74, 6) is 0. The third kappa shape index (κ3) is 1.98. The zero-order valence-corrected chi connectivity index (χ0v) is 11.7. The van der Waals surface area contributed by atoms with E-state index in [-0.39, 0.29) is 0 Å². The summed E-state index contributed by atoms with van der Waals surface area (Å²) in [6, 6.07) is 6.60. The molecule has 14 heavy (non-hydrogen) atoms. The maximum Gasteiger partial charge on any atom is 0.0377 e. The van der Waals surface area contributed by atoms with Gasteiger partial charge < -0.3 is 0 Å². The van der Waals surface area contributed by atoms with Crippen molar-refractivity contribution in [3.8, 4) is 0 Å². The summed E-state index contributed by atoms with van der Waals surface area (Å²) in [6.45, 7) is 0. The molecule has 0 saturated carbocycles. The van der Waals surface area contributed by atoms with Crippen molar-refractivity contribution in [3.05, 3.63) is 23.1 Å². The van der Waals surface area contributed by atoms with Gasteiger partial charge in [-0.15, -0.1) is 35.7 Å². The lowest BCUT2D eigenvalue weighted by Crippen LogP contribution is -1.73. The summed E-state index contributed by atoms with van der Waals surface area (Å²) in [5, 5.41) is 2.26. The van der Waals surface area contributed by atoms with E-state index >= 15 is 0 Å². The molecule has 0 N–H and O–H groups in total. The van der Waals surface area contributed by atoms with E-state index in [1.807, 2.05) is 11.3 Å². The van der Waals surface area contributed by atoms with Crippen LogP contribution in [0.4, 0.5) is 0 Å². The molecule has 0 nitrogen and oxygen atoms in total. The number of rotatable bonds is 2. The van der Waals surface area contributed by atoms with E-state index < -0.39 is 0 Å². The molecule has 0 aliphatic rings. The number of hydrogen-bond donors (Lipinski definition) is 1. The maximum absolute atomic E-state index is 4.47. The van der Waals surface area contributed by atoms with Gasteiger partial charge in [0, 0.05) is 24.7 Å².